The average molecular weight is 344 g/mol. The van der Waals surface area contributed by atoms with Gasteiger partial charge in [-0.05, 0) is 37.3 Å². The molecular weight excluding hydrogens is 316 g/mol. The second-order valence-electron chi connectivity index (χ2n) is 7.53. The van der Waals surface area contributed by atoms with Crippen molar-refractivity contribution in [1.29, 1.82) is 0 Å². The van der Waals surface area contributed by atoms with Crippen LogP contribution >= 0.6 is 0 Å². The van der Waals surface area contributed by atoms with Gasteiger partial charge >= 0.3 is 6.03 Å². The maximum Gasteiger partial charge on any atom is 0.318 e. The minimum absolute atomic E-state index is 0.0617. The molecule has 25 heavy (non-hydrogen) atoms. The number of hydrogen-bond donors (Lipinski definition) is 2. The third-order valence-electron chi connectivity index (χ3n) is 5.34. The van der Waals surface area contributed by atoms with E-state index in [0.717, 1.165) is 36.9 Å². The summed E-state index contributed by atoms with van der Waals surface area (Å²) in [6, 6.07) is 3.78. The Balaban J connectivity index is 1.78. The number of nitrogens with one attached hydrogen (secondary N) is 2. The molecule has 2 fully saturated rings. The monoisotopic (exact) mass is 344 g/mol. The van der Waals surface area contributed by atoms with E-state index in [1.54, 1.807) is 11.1 Å². The SMILES string of the molecule is Cc1cccnc1[C@H](NC(=O)N1CC(=O)N[C@@H]2CCCC[C@@H]21)C(C)C. The van der Waals surface area contributed by atoms with Crippen LogP contribution < -0.4 is 10.6 Å². The highest BCUT2D eigenvalue weighted by Crippen LogP contribution is 2.27. The van der Waals surface area contributed by atoms with Gasteiger partial charge in [0.15, 0.2) is 0 Å². The second-order valence-corrected chi connectivity index (χ2v) is 7.53. The zero-order valence-electron chi connectivity index (χ0n) is 15.3. The van der Waals surface area contributed by atoms with Crippen molar-refractivity contribution in [1.82, 2.24) is 20.5 Å². The molecule has 6 heteroatoms. The van der Waals surface area contributed by atoms with Crippen LogP contribution in [-0.4, -0.2) is 40.5 Å². The highest BCUT2D eigenvalue weighted by Gasteiger charge is 2.39. The Morgan fingerprint density at radius 1 is 1.36 bits per heavy atom. The van der Waals surface area contributed by atoms with E-state index in [1.165, 1.54) is 0 Å². The van der Waals surface area contributed by atoms with Gasteiger partial charge in [-0.2, -0.15) is 0 Å². The van der Waals surface area contributed by atoms with Crippen LogP contribution in [0.1, 0.15) is 56.8 Å². The maximum atomic E-state index is 13.0. The number of hydrogen-bond acceptors (Lipinski definition) is 3. The van der Waals surface area contributed by atoms with Crippen LogP contribution in [0.15, 0.2) is 18.3 Å². The first kappa shape index (κ1) is 17.7. The van der Waals surface area contributed by atoms with E-state index in [2.05, 4.69) is 29.5 Å². The molecule has 0 aromatic carbocycles. The van der Waals surface area contributed by atoms with Gasteiger partial charge in [0, 0.05) is 12.2 Å². The third-order valence-corrected chi connectivity index (χ3v) is 5.34. The molecule has 1 aromatic heterocycles. The lowest BCUT2D eigenvalue weighted by molar-refractivity contribution is -0.126. The molecule has 1 aromatic rings. The molecule has 136 valence electrons. The van der Waals surface area contributed by atoms with Crippen molar-refractivity contribution in [2.24, 2.45) is 5.92 Å². The number of rotatable bonds is 3. The minimum Gasteiger partial charge on any atom is -0.350 e. The third kappa shape index (κ3) is 3.78. The molecule has 2 heterocycles. The molecule has 1 saturated carbocycles. The average Bonchev–Trinajstić information content (AvgIpc) is 2.59. The molecule has 1 aliphatic carbocycles. The number of urea groups is 1. The summed E-state index contributed by atoms with van der Waals surface area (Å²) >= 11 is 0. The predicted molar refractivity (Wildman–Crippen MR) is 96.0 cm³/mol. The normalized spacial score (nSPS) is 24.5. The Morgan fingerprint density at radius 2 is 2.12 bits per heavy atom. The number of piperazine rings is 1. The Morgan fingerprint density at radius 3 is 2.84 bits per heavy atom. The number of carbonyl (C=O) groups excluding carboxylic acids is 2. The number of nitrogens with zero attached hydrogens (tertiary/aromatic N) is 2. The van der Waals surface area contributed by atoms with Gasteiger partial charge in [-0.3, -0.25) is 9.78 Å². The lowest BCUT2D eigenvalue weighted by Crippen LogP contribution is -2.64. The van der Waals surface area contributed by atoms with E-state index < -0.39 is 0 Å². The summed E-state index contributed by atoms with van der Waals surface area (Å²) in [6.07, 6.45) is 5.88. The van der Waals surface area contributed by atoms with E-state index in [0.29, 0.717) is 0 Å². The molecule has 3 atom stereocenters. The second kappa shape index (κ2) is 7.42. The first-order chi connectivity index (χ1) is 12.0. The summed E-state index contributed by atoms with van der Waals surface area (Å²) in [5.41, 5.74) is 1.96. The van der Waals surface area contributed by atoms with Gasteiger partial charge in [-0.15, -0.1) is 0 Å². The maximum absolute atomic E-state index is 13.0. The lowest BCUT2D eigenvalue weighted by Gasteiger charge is -2.44. The molecule has 0 unspecified atom stereocenters. The van der Waals surface area contributed by atoms with Gasteiger partial charge in [-0.1, -0.05) is 32.8 Å². The first-order valence-electron chi connectivity index (χ1n) is 9.25. The van der Waals surface area contributed by atoms with Crippen molar-refractivity contribution in [2.45, 2.75) is 64.6 Å². The number of carbonyl (C=O) groups is 2. The fourth-order valence-electron chi connectivity index (χ4n) is 3.99. The van der Waals surface area contributed by atoms with Crippen LogP contribution in [0.3, 0.4) is 0 Å². The molecule has 6 nitrogen and oxygen atoms in total. The molecule has 3 rings (SSSR count). The van der Waals surface area contributed by atoms with Gasteiger partial charge in [-0.25, -0.2) is 4.79 Å². The van der Waals surface area contributed by atoms with E-state index in [4.69, 9.17) is 0 Å². The molecule has 0 bridgehead atoms. The largest absolute Gasteiger partial charge is 0.350 e. The molecule has 3 amide bonds. The first-order valence-corrected chi connectivity index (χ1v) is 9.25. The number of amides is 3. The molecular formula is C19H28N4O2. The van der Waals surface area contributed by atoms with Crippen molar-refractivity contribution < 1.29 is 9.59 Å². The highest BCUT2D eigenvalue weighted by molar-refractivity contribution is 5.86. The van der Waals surface area contributed by atoms with Crippen LogP contribution in [0.4, 0.5) is 4.79 Å². The quantitative estimate of drug-likeness (QED) is 0.885. The predicted octanol–water partition coefficient (Wildman–Crippen LogP) is 2.54. The number of pyridine rings is 1. The van der Waals surface area contributed by atoms with Crippen molar-refractivity contribution in [2.75, 3.05) is 6.54 Å². The summed E-state index contributed by atoms with van der Waals surface area (Å²) in [7, 11) is 0. The smallest absolute Gasteiger partial charge is 0.318 e. The fourth-order valence-corrected chi connectivity index (χ4v) is 3.99. The Bertz CT molecular complexity index is 646. The van der Waals surface area contributed by atoms with Crippen LogP contribution in [-0.2, 0) is 4.79 Å². The van der Waals surface area contributed by atoms with Crippen LogP contribution in [0.2, 0.25) is 0 Å². The summed E-state index contributed by atoms with van der Waals surface area (Å²) in [5, 5.41) is 6.19. The summed E-state index contributed by atoms with van der Waals surface area (Å²) in [6.45, 7) is 6.30. The number of fused-ring (bicyclic) bond motifs is 1. The fraction of sp³-hybridized carbons (Fsp3) is 0.632. The zero-order valence-corrected chi connectivity index (χ0v) is 15.3. The molecule has 2 aliphatic rings. The molecule has 1 saturated heterocycles. The van der Waals surface area contributed by atoms with Crippen molar-refractivity contribution in [3.05, 3.63) is 29.6 Å². The minimum atomic E-state index is -0.166. The highest BCUT2D eigenvalue weighted by atomic mass is 16.2. The van der Waals surface area contributed by atoms with Crippen molar-refractivity contribution in [3.8, 4) is 0 Å². The van der Waals surface area contributed by atoms with Crippen molar-refractivity contribution in [3.63, 3.8) is 0 Å². The number of aryl methyl sites for hydroxylation is 1. The zero-order chi connectivity index (χ0) is 18.0. The Labute approximate surface area is 149 Å². The number of aromatic nitrogens is 1. The molecule has 0 radical (unpaired) electrons. The van der Waals surface area contributed by atoms with E-state index in [-0.39, 0.29) is 42.5 Å². The Kier molecular flexibility index (Phi) is 5.25. The van der Waals surface area contributed by atoms with Gasteiger partial charge in [0.25, 0.3) is 0 Å². The van der Waals surface area contributed by atoms with Crippen LogP contribution in [0.5, 0.6) is 0 Å². The van der Waals surface area contributed by atoms with Crippen LogP contribution in [0.25, 0.3) is 0 Å². The van der Waals surface area contributed by atoms with Gasteiger partial charge in [0.2, 0.25) is 5.91 Å². The van der Waals surface area contributed by atoms with E-state index in [9.17, 15) is 9.59 Å². The molecule has 0 spiro atoms. The van der Waals surface area contributed by atoms with Crippen LogP contribution in [0, 0.1) is 12.8 Å². The topological polar surface area (TPSA) is 74.3 Å². The van der Waals surface area contributed by atoms with Crippen molar-refractivity contribution >= 4 is 11.9 Å². The molecule has 2 N–H and O–H groups in total. The summed E-state index contributed by atoms with van der Waals surface area (Å²) < 4.78 is 0. The van der Waals surface area contributed by atoms with E-state index >= 15 is 0 Å². The van der Waals surface area contributed by atoms with Gasteiger partial charge in [0.05, 0.1) is 17.8 Å². The Hall–Kier alpha value is -2.11. The summed E-state index contributed by atoms with van der Waals surface area (Å²) in [4.78, 5) is 31.3. The van der Waals surface area contributed by atoms with E-state index in [1.807, 2.05) is 19.1 Å². The van der Waals surface area contributed by atoms with Gasteiger partial charge in [0.1, 0.15) is 6.54 Å². The molecule has 1 aliphatic heterocycles. The van der Waals surface area contributed by atoms with Gasteiger partial charge < -0.3 is 15.5 Å². The lowest BCUT2D eigenvalue weighted by atomic mass is 9.87. The summed E-state index contributed by atoms with van der Waals surface area (Å²) in [5.74, 6) is 0.145. The standard InChI is InChI=1S/C19H28N4O2/c1-12(2)17(18-13(3)7-6-10-20-18)22-19(25)23-11-16(24)21-14-8-4-5-9-15(14)23/h6-7,10,12,14-15,17H,4-5,8-9,11H2,1-3H3,(H,21,24)(H,22,25)/t14-,15+,17-/m1/s1.